The average molecular weight is 594 g/mol. The molecule has 2 N–H and O–H groups in total. The Hall–Kier alpha value is -4.59. The summed E-state index contributed by atoms with van der Waals surface area (Å²) in [5, 5.41) is 16.7. The van der Waals surface area contributed by atoms with Crippen LogP contribution in [0.3, 0.4) is 0 Å². The van der Waals surface area contributed by atoms with Gasteiger partial charge in [-0.3, -0.25) is 13.8 Å². The summed E-state index contributed by atoms with van der Waals surface area (Å²) in [7, 11) is 0.692. The molecule has 6 rings (SSSR count). The number of methoxy groups -OCH3 is 1. The second-order valence-corrected chi connectivity index (χ2v) is 12.8. The maximum absolute atomic E-state index is 14.2. The molecule has 1 saturated carbocycles. The highest BCUT2D eigenvalue weighted by Crippen LogP contribution is 2.40. The Balaban J connectivity index is 1.63. The summed E-state index contributed by atoms with van der Waals surface area (Å²) in [5.41, 5.74) is 1.19. The van der Waals surface area contributed by atoms with Gasteiger partial charge in [-0.2, -0.15) is 0 Å². The van der Waals surface area contributed by atoms with Gasteiger partial charge in [0, 0.05) is 37.3 Å². The van der Waals surface area contributed by atoms with Gasteiger partial charge in [-0.25, -0.2) is 27.0 Å². The van der Waals surface area contributed by atoms with E-state index in [0.717, 1.165) is 0 Å². The number of aromatic nitrogens is 6. The number of benzene rings is 1. The maximum atomic E-state index is 14.2. The third kappa shape index (κ3) is 4.24. The lowest BCUT2D eigenvalue weighted by Gasteiger charge is -2.37. The maximum Gasteiger partial charge on any atom is 0.405 e. The molecule has 4 heterocycles. The molecule has 14 heteroatoms. The van der Waals surface area contributed by atoms with Crippen LogP contribution in [0.1, 0.15) is 38.6 Å². The lowest BCUT2D eigenvalue weighted by Crippen LogP contribution is -2.48. The summed E-state index contributed by atoms with van der Waals surface area (Å²) in [6.45, 7) is 1.87. The third-order valence-corrected chi connectivity index (χ3v) is 9.93. The van der Waals surface area contributed by atoms with Crippen molar-refractivity contribution in [3.05, 3.63) is 59.3 Å². The van der Waals surface area contributed by atoms with Crippen LogP contribution in [0.25, 0.3) is 33.3 Å². The van der Waals surface area contributed by atoms with E-state index in [1.807, 2.05) is 6.92 Å². The summed E-state index contributed by atoms with van der Waals surface area (Å²) < 4.78 is 39.8. The molecule has 0 atom stereocenters. The average Bonchev–Trinajstić information content (AvgIpc) is 3.61. The van der Waals surface area contributed by atoms with E-state index in [9.17, 15) is 23.1 Å². The molecular formula is C28H31N7O6S. The molecule has 5 aromatic rings. The van der Waals surface area contributed by atoms with Crippen molar-refractivity contribution in [2.75, 3.05) is 7.11 Å². The summed E-state index contributed by atoms with van der Waals surface area (Å²) in [6, 6.07) is 9.59. The Morgan fingerprint density at radius 3 is 2.50 bits per heavy atom. The number of carbonyl (C=O) groups is 1. The molecule has 220 valence electrons. The first-order chi connectivity index (χ1) is 19.9. The predicted molar refractivity (Wildman–Crippen MR) is 155 cm³/mol. The van der Waals surface area contributed by atoms with Crippen molar-refractivity contribution in [1.29, 1.82) is 0 Å². The van der Waals surface area contributed by atoms with Gasteiger partial charge in [0.05, 0.1) is 40.5 Å². The summed E-state index contributed by atoms with van der Waals surface area (Å²) in [6.07, 6.45) is 4.33. The van der Waals surface area contributed by atoms with Crippen LogP contribution in [0.2, 0.25) is 0 Å². The lowest BCUT2D eigenvalue weighted by molar-refractivity contribution is 0.158. The van der Waals surface area contributed by atoms with Crippen LogP contribution in [0.15, 0.2) is 58.5 Å². The number of rotatable bonds is 6. The highest BCUT2D eigenvalue weighted by atomic mass is 32.2. The van der Waals surface area contributed by atoms with Crippen LogP contribution < -0.4 is 15.7 Å². The zero-order valence-corrected chi connectivity index (χ0v) is 24.4. The minimum absolute atomic E-state index is 0.0800. The van der Waals surface area contributed by atoms with Gasteiger partial charge < -0.3 is 15.2 Å². The van der Waals surface area contributed by atoms with Crippen molar-refractivity contribution < 1.29 is 23.1 Å². The van der Waals surface area contributed by atoms with E-state index in [1.165, 1.54) is 38.7 Å². The number of nitrogens with one attached hydrogen (secondary N) is 1. The van der Waals surface area contributed by atoms with Crippen molar-refractivity contribution in [1.82, 2.24) is 33.2 Å². The molecule has 1 aromatic carbocycles. The Labute approximate surface area is 241 Å². The summed E-state index contributed by atoms with van der Waals surface area (Å²) in [5.74, 6) is 0.240. The zero-order chi connectivity index (χ0) is 30.0. The van der Waals surface area contributed by atoms with E-state index in [2.05, 4.69) is 15.4 Å². The van der Waals surface area contributed by atoms with E-state index in [4.69, 9.17) is 4.74 Å². The first-order valence-corrected chi connectivity index (χ1v) is 14.9. The van der Waals surface area contributed by atoms with E-state index < -0.39 is 21.7 Å². The molecule has 0 spiro atoms. The number of imidazole rings is 1. The Morgan fingerprint density at radius 1 is 1.17 bits per heavy atom. The molecule has 1 amide bonds. The highest BCUT2D eigenvalue weighted by molar-refractivity contribution is 7.90. The number of carboxylic acid groups (broad SMARTS) is 1. The summed E-state index contributed by atoms with van der Waals surface area (Å²) in [4.78, 5) is 29.7. The van der Waals surface area contributed by atoms with Crippen LogP contribution in [0, 0.1) is 0 Å². The van der Waals surface area contributed by atoms with Crippen LogP contribution in [-0.2, 0) is 24.1 Å². The van der Waals surface area contributed by atoms with Gasteiger partial charge in [0.25, 0.3) is 10.0 Å². The highest BCUT2D eigenvalue weighted by Gasteiger charge is 2.36. The van der Waals surface area contributed by atoms with E-state index >= 15 is 0 Å². The van der Waals surface area contributed by atoms with Gasteiger partial charge in [0.1, 0.15) is 0 Å². The Bertz CT molecular complexity index is 2010. The predicted octanol–water partition coefficient (Wildman–Crippen LogP) is 3.48. The van der Waals surface area contributed by atoms with Gasteiger partial charge in [0.15, 0.2) is 5.65 Å². The van der Waals surface area contributed by atoms with Gasteiger partial charge in [-0.15, -0.1) is 5.10 Å². The molecule has 4 aromatic heterocycles. The van der Waals surface area contributed by atoms with Gasteiger partial charge in [0.2, 0.25) is 5.88 Å². The number of nitrogens with zero attached hydrogens (tertiary/aromatic N) is 6. The van der Waals surface area contributed by atoms with Crippen molar-refractivity contribution >= 4 is 38.2 Å². The minimum Gasteiger partial charge on any atom is -0.479 e. The van der Waals surface area contributed by atoms with Gasteiger partial charge in [-0.1, -0.05) is 18.2 Å². The summed E-state index contributed by atoms with van der Waals surface area (Å²) >= 11 is 0. The topological polar surface area (TPSA) is 155 Å². The minimum atomic E-state index is -4.15. The Morgan fingerprint density at radius 2 is 1.86 bits per heavy atom. The molecule has 0 aliphatic heterocycles. The SMILES string of the molecule is COc1nn(C)cc1-c1cc2c(ncc3c2n([C@H]2CC[C@@](C)(NC(=O)O)CC2)c(=O)n3C)n1S(=O)(=O)c1ccccc1. The fraction of sp³-hybridized carbons (Fsp3) is 0.357. The smallest absolute Gasteiger partial charge is 0.405 e. The fourth-order valence-corrected chi connectivity index (χ4v) is 7.60. The molecule has 0 unspecified atom stereocenters. The van der Waals surface area contributed by atoms with Crippen LogP contribution in [0.5, 0.6) is 5.88 Å². The second kappa shape index (κ2) is 9.76. The molecule has 1 fully saturated rings. The molecular weight excluding hydrogens is 562 g/mol. The molecule has 1 aliphatic rings. The first-order valence-electron chi connectivity index (χ1n) is 13.5. The Kier molecular flexibility index (Phi) is 6.40. The quantitative estimate of drug-likeness (QED) is 0.303. The number of hydrogen-bond donors (Lipinski definition) is 2. The van der Waals surface area contributed by atoms with Crippen LogP contribution in [0.4, 0.5) is 4.79 Å². The van der Waals surface area contributed by atoms with Crippen LogP contribution in [-0.4, -0.2) is 60.1 Å². The standard InChI is InChI=1S/C28H31N7O6S/c1-28(30-26(36)37)12-10-17(11-13-28)34-23-19-14-21(20-16-32(2)31-25(20)41-4)35(42(39,40)18-8-6-5-7-9-18)24(19)29-15-22(23)33(3)27(34)38/h5-9,14-17,30H,10-13H2,1-4H3,(H,36,37)/t17-,28+. The van der Waals surface area contributed by atoms with Crippen molar-refractivity contribution in [3.63, 3.8) is 0 Å². The van der Waals surface area contributed by atoms with Crippen LogP contribution >= 0.6 is 0 Å². The molecule has 42 heavy (non-hydrogen) atoms. The van der Waals surface area contributed by atoms with E-state index in [0.29, 0.717) is 53.4 Å². The molecule has 0 saturated heterocycles. The van der Waals surface area contributed by atoms with Crippen molar-refractivity contribution in [2.24, 2.45) is 14.1 Å². The van der Waals surface area contributed by atoms with Crippen molar-refractivity contribution in [2.45, 2.75) is 49.1 Å². The van der Waals surface area contributed by atoms with E-state index in [1.54, 1.807) is 49.1 Å². The molecule has 0 bridgehead atoms. The fourth-order valence-electron chi connectivity index (χ4n) is 6.10. The number of aryl methyl sites for hydroxylation is 2. The lowest BCUT2D eigenvalue weighted by atomic mass is 9.80. The number of fused-ring (bicyclic) bond motifs is 3. The van der Waals surface area contributed by atoms with Gasteiger partial charge >= 0.3 is 11.8 Å². The largest absolute Gasteiger partial charge is 0.479 e. The van der Waals surface area contributed by atoms with Gasteiger partial charge in [-0.05, 0) is 50.8 Å². The first kappa shape index (κ1) is 27.6. The monoisotopic (exact) mass is 593 g/mol. The third-order valence-electron chi connectivity index (χ3n) is 8.21. The number of hydrogen-bond acceptors (Lipinski definition) is 7. The number of amides is 1. The van der Waals surface area contributed by atoms with Crippen molar-refractivity contribution in [3.8, 4) is 17.1 Å². The van der Waals surface area contributed by atoms with E-state index in [-0.39, 0.29) is 28.2 Å². The number of ether oxygens (including phenoxy) is 1. The second-order valence-electron chi connectivity index (χ2n) is 11.0. The zero-order valence-electron chi connectivity index (χ0n) is 23.6. The normalized spacial score (nSPS) is 19.4. The molecule has 13 nitrogen and oxygen atoms in total. The molecule has 1 aliphatic carbocycles. The molecule has 0 radical (unpaired) electrons. The number of pyridine rings is 1.